The Morgan fingerprint density at radius 1 is 1.40 bits per heavy atom. The summed E-state index contributed by atoms with van der Waals surface area (Å²) in [5.74, 6) is 1.05. The van der Waals surface area contributed by atoms with Gasteiger partial charge in [0.15, 0.2) is 0 Å². The van der Waals surface area contributed by atoms with E-state index in [4.69, 9.17) is 5.11 Å². The zero-order chi connectivity index (χ0) is 10.7. The number of hydrogen-bond donors (Lipinski definition) is 2. The summed E-state index contributed by atoms with van der Waals surface area (Å²) in [7, 11) is 0. The molecule has 0 aromatic heterocycles. The third-order valence-electron chi connectivity index (χ3n) is 4.03. The van der Waals surface area contributed by atoms with Crippen molar-refractivity contribution in [2.24, 2.45) is 5.41 Å². The van der Waals surface area contributed by atoms with Gasteiger partial charge in [0.25, 0.3) is 0 Å². The van der Waals surface area contributed by atoms with Crippen molar-refractivity contribution in [1.82, 2.24) is 4.90 Å². The molecule has 1 aliphatic heterocycles. The number of aliphatic hydroxyl groups excluding tert-OH is 1. The van der Waals surface area contributed by atoms with Crippen LogP contribution in [0.4, 0.5) is 0 Å². The van der Waals surface area contributed by atoms with Crippen LogP contribution in [-0.4, -0.2) is 41.5 Å². The molecule has 0 aromatic rings. The summed E-state index contributed by atoms with van der Waals surface area (Å²) in [4.78, 5) is 2.65. The van der Waals surface area contributed by atoms with Crippen LogP contribution >= 0.6 is 12.6 Å². The van der Waals surface area contributed by atoms with Crippen molar-refractivity contribution >= 4 is 12.6 Å². The van der Waals surface area contributed by atoms with Crippen LogP contribution in [-0.2, 0) is 0 Å². The van der Waals surface area contributed by atoms with Crippen molar-refractivity contribution in [3.05, 3.63) is 0 Å². The Bertz CT molecular complexity index is 206. The van der Waals surface area contributed by atoms with Crippen LogP contribution in [0, 0.1) is 5.41 Å². The van der Waals surface area contributed by atoms with E-state index >= 15 is 0 Å². The fourth-order valence-corrected chi connectivity index (χ4v) is 3.15. The van der Waals surface area contributed by atoms with Gasteiger partial charge in [0.2, 0.25) is 0 Å². The maximum Gasteiger partial charge on any atom is 0.0431 e. The molecule has 0 aromatic carbocycles. The molecule has 1 atom stereocenters. The second-order valence-corrected chi connectivity index (χ2v) is 5.61. The molecule has 88 valence electrons. The van der Waals surface area contributed by atoms with Crippen LogP contribution in [0.1, 0.15) is 38.5 Å². The van der Waals surface area contributed by atoms with Crippen LogP contribution in [0.2, 0.25) is 0 Å². The molecule has 2 fully saturated rings. The molecule has 3 heteroatoms. The van der Waals surface area contributed by atoms with Crippen molar-refractivity contribution in [3.63, 3.8) is 0 Å². The van der Waals surface area contributed by atoms with Gasteiger partial charge in [-0.3, -0.25) is 4.90 Å². The van der Waals surface area contributed by atoms with Gasteiger partial charge in [0.05, 0.1) is 0 Å². The van der Waals surface area contributed by atoms with Gasteiger partial charge in [-0.15, -0.1) is 0 Å². The zero-order valence-corrected chi connectivity index (χ0v) is 10.4. The average Bonchev–Trinajstić information content (AvgIpc) is 2.89. The summed E-state index contributed by atoms with van der Waals surface area (Å²) < 4.78 is 0. The zero-order valence-electron chi connectivity index (χ0n) is 9.49. The van der Waals surface area contributed by atoms with Crippen molar-refractivity contribution in [3.8, 4) is 0 Å². The molecular formula is C12H23NOS. The van der Waals surface area contributed by atoms with Crippen LogP contribution < -0.4 is 0 Å². The molecule has 0 spiro atoms. The number of nitrogens with zero attached hydrogens (tertiary/aromatic N) is 1. The summed E-state index contributed by atoms with van der Waals surface area (Å²) in [6.07, 6.45) is 7.58. The highest BCUT2D eigenvalue weighted by Crippen LogP contribution is 2.48. The first-order chi connectivity index (χ1) is 7.29. The molecule has 2 aliphatic rings. The lowest BCUT2D eigenvalue weighted by molar-refractivity contribution is 0.190. The smallest absolute Gasteiger partial charge is 0.0431 e. The maximum atomic E-state index is 8.87. The molecule has 1 saturated carbocycles. The third kappa shape index (κ3) is 2.89. The van der Waals surface area contributed by atoms with E-state index in [-0.39, 0.29) is 0 Å². The second-order valence-electron chi connectivity index (χ2n) is 5.29. The third-order valence-corrected chi connectivity index (χ3v) is 4.70. The van der Waals surface area contributed by atoms with E-state index in [0.29, 0.717) is 12.0 Å². The van der Waals surface area contributed by atoms with Gasteiger partial charge in [0, 0.05) is 19.2 Å². The number of likely N-dealkylation sites (tertiary alicyclic amines) is 1. The van der Waals surface area contributed by atoms with Gasteiger partial charge in [-0.25, -0.2) is 0 Å². The van der Waals surface area contributed by atoms with E-state index < -0.39 is 0 Å². The summed E-state index contributed by atoms with van der Waals surface area (Å²) in [5.41, 5.74) is 0.560. The lowest BCUT2D eigenvalue weighted by Gasteiger charge is -2.28. The Hall–Kier alpha value is 0.270. The standard InChI is InChI=1S/C12H23NOS/c14-8-2-4-11-3-1-7-13(11)9-12(10-15)5-6-12/h11,14-15H,1-10H2. The molecule has 1 N–H and O–H groups in total. The first kappa shape index (κ1) is 11.7. The summed E-state index contributed by atoms with van der Waals surface area (Å²) in [6.45, 7) is 2.88. The van der Waals surface area contributed by atoms with Crippen LogP contribution in [0.25, 0.3) is 0 Å². The number of hydrogen-bond acceptors (Lipinski definition) is 3. The predicted molar refractivity (Wildman–Crippen MR) is 66.4 cm³/mol. The lowest BCUT2D eigenvalue weighted by Crippen LogP contribution is -2.35. The Balaban J connectivity index is 1.79. The van der Waals surface area contributed by atoms with Gasteiger partial charge in [-0.2, -0.15) is 12.6 Å². The topological polar surface area (TPSA) is 23.5 Å². The Morgan fingerprint density at radius 3 is 2.80 bits per heavy atom. The molecule has 1 heterocycles. The molecule has 0 amide bonds. The highest BCUT2D eigenvalue weighted by molar-refractivity contribution is 7.80. The number of rotatable bonds is 6. The molecule has 15 heavy (non-hydrogen) atoms. The molecule has 0 bridgehead atoms. The molecule has 1 saturated heterocycles. The van der Waals surface area contributed by atoms with E-state index in [2.05, 4.69) is 17.5 Å². The molecule has 2 nitrogen and oxygen atoms in total. The molecule has 1 unspecified atom stereocenters. The summed E-state index contributed by atoms with van der Waals surface area (Å²) >= 11 is 4.47. The van der Waals surface area contributed by atoms with E-state index in [1.807, 2.05) is 0 Å². The van der Waals surface area contributed by atoms with Gasteiger partial charge in [-0.05, 0) is 56.2 Å². The van der Waals surface area contributed by atoms with E-state index in [9.17, 15) is 0 Å². The van der Waals surface area contributed by atoms with Crippen LogP contribution in [0.15, 0.2) is 0 Å². The maximum absolute atomic E-state index is 8.87. The van der Waals surface area contributed by atoms with Gasteiger partial charge in [-0.1, -0.05) is 0 Å². The Morgan fingerprint density at radius 2 is 2.20 bits per heavy atom. The monoisotopic (exact) mass is 229 g/mol. The van der Waals surface area contributed by atoms with Gasteiger partial charge < -0.3 is 5.11 Å². The molecule has 0 radical (unpaired) electrons. The van der Waals surface area contributed by atoms with E-state index in [0.717, 1.165) is 18.2 Å². The lowest BCUT2D eigenvalue weighted by atomic mass is 10.1. The fourth-order valence-electron chi connectivity index (χ4n) is 2.73. The highest BCUT2D eigenvalue weighted by Gasteiger charge is 2.44. The minimum atomic E-state index is 0.349. The fraction of sp³-hybridized carbons (Fsp3) is 1.00. The first-order valence-electron chi connectivity index (χ1n) is 6.25. The van der Waals surface area contributed by atoms with Gasteiger partial charge in [0.1, 0.15) is 0 Å². The Labute approximate surface area is 98.5 Å². The highest BCUT2D eigenvalue weighted by atomic mass is 32.1. The molecule has 2 rings (SSSR count). The van der Waals surface area contributed by atoms with Crippen LogP contribution in [0.5, 0.6) is 0 Å². The van der Waals surface area contributed by atoms with Crippen molar-refractivity contribution in [2.75, 3.05) is 25.4 Å². The first-order valence-corrected chi connectivity index (χ1v) is 6.89. The minimum Gasteiger partial charge on any atom is -0.396 e. The summed E-state index contributed by atoms with van der Waals surface area (Å²) in [5, 5.41) is 8.87. The normalized spacial score (nSPS) is 29.6. The number of aliphatic hydroxyl groups is 1. The minimum absolute atomic E-state index is 0.349. The quantitative estimate of drug-likeness (QED) is 0.680. The van der Waals surface area contributed by atoms with Crippen molar-refractivity contribution in [2.45, 2.75) is 44.6 Å². The predicted octanol–water partition coefficient (Wildman–Crippen LogP) is 1.93. The Kier molecular flexibility index (Phi) is 3.97. The molecule has 1 aliphatic carbocycles. The van der Waals surface area contributed by atoms with E-state index in [1.165, 1.54) is 45.2 Å². The number of thiol groups is 1. The largest absolute Gasteiger partial charge is 0.396 e. The molecular weight excluding hydrogens is 206 g/mol. The van der Waals surface area contributed by atoms with Crippen LogP contribution in [0.3, 0.4) is 0 Å². The summed E-state index contributed by atoms with van der Waals surface area (Å²) in [6, 6.07) is 0.745. The average molecular weight is 229 g/mol. The SMILES string of the molecule is OCCCC1CCCN1CC1(CS)CC1. The van der Waals surface area contributed by atoms with E-state index in [1.54, 1.807) is 0 Å². The van der Waals surface area contributed by atoms with Crippen molar-refractivity contribution in [1.29, 1.82) is 0 Å². The van der Waals surface area contributed by atoms with Crippen molar-refractivity contribution < 1.29 is 5.11 Å². The van der Waals surface area contributed by atoms with Gasteiger partial charge >= 0.3 is 0 Å². The second kappa shape index (κ2) is 5.07.